The van der Waals surface area contributed by atoms with Gasteiger partial charge in [-0.15, -0.1) is 11.3 Å². The molecule has 0 spiro atoms. The Labute approximate surface area is 112 Å². The molecule has 0 bridgehead atoms. The van der Waals surface area contributed by atoms with Crippen LogP contribution in [0.4, 0.5) is 5.13 Å². The summed E-state index contributed by atoms with van der Waals surface area (Å²) in [6.45, 7) is 4.46. The maximum Gasteiger partial charge on any atom is 0.271 e. The normalized spacial score (nSPS) is 24.2. The first-order valence-corrected chi connectivity index (χ1v) is 7.47. The topological polar surface area (TPSA) is 68.0 Å². The number of nitrogens with one attached hydrogen (secondary N) is 1. The van der Waals surface area contributed by atoms with Crippen LogP contribution in [0.15, 0.2) is 5.38 Å². The van der Waals surface area contributed by atoms with E-state index in [1.54, 1.807) is 5.38 Å². The minimum absolute atomic E-state index is 0.0829. The molecule has 2 unspecified atom stereocenters. The van der Waals surface area contributed by atoms with Crippen LogP contribution in [0.25, 0.3) is 0 Å². The number of hydrogen-bond acceptors (Lipinski definition) is 4. The molecule has 1 heterocycles. The molecule has 5 heteroatoms. The van der Waals surface area contributed by atoms with Crippen LogP contribution in [0.5, 0.6) is 0 Å². The fraction of sp³-hybridized carbons (Fsp3) is 0.692. The smallest absolute Gasteiger partial charge is 0.271 e. The van der Waals surface area contributed by atoms with Gasteiger partial charge in [0.05, 0.1) is 0 Å². The first kappa shape index (κ1) is 13.3. The van der Waals surface area contributed by atoms with Crippen molar-refractivity contribution in [2.45, 2.75) is 45.6 Å². The summed E-state index contributed by atoms with van der Waals surface area (Å²) in [5, 5.41) is 5.30. The molecule has 1 amide bonds. The van der Waals surface area contributed by atoms with Gasteiger partial charge in [0, 0.05) is 11.4 Å². The lowest BCUT2D eigenvalue weighted by Gasteiger charge is -2.34. The van der Waals surface area contributed by atoms with E-state index >= 15 is 0 Å². The van der Waals surface area contributed by atoms with Crippen molar-refractivity contribution >= 4 is 22.4 Å². The zero-order valence-electron chi connectivity index (χ0n) is 11.0. The van der Waals surface area contributed by atoms with E-state index in [0.717, 1.165) is 6.42 Å². The Bertz CT molecular complexity index is 416. The molecule has 3 N–H and O–H groups in total. The van der Waals surface area contributed by atoms with E-state index in [2.05, 4.69) is 24.1 Å². The molecule has 1 aliphatic carbocycles. The highest BCUT2D eigenvalue weighted by atomic mass is 32.1. The van der Waals surface area contributed by atoms with Crippen LogP contribution in [0, 0.1) is 11.8 Å². The summed E-state index contributed by atoms with van der Waals surface area (Å²) in [6, 6.07) is 0.286. The van der Waals surface area contributed by atoms with Gasteiger partial charge in [0.15, 0.2) is 5.13 Å². The van der Waals surface area contributed by atoms with Gasteiger partial charge in [-0.1, -0.05) is 26.7 Å². The van der Waals surface area contributed by atoms with Gasteiger partial charge in [-0.05, 0) is 24.7 Å². The number of thiazole rings is 1. The summed E-state index contributed by atoms with van der Waals surface area (Å²) in [4.78, 5) is 16.1. The molecule has 0 aliphatic heterocycles. The third-order valence-electron chi connectivity index (χ3n) is 3.75. The van der Waals surface area contributed by atoms with E-state index in [4.69, 9.17) is 5.73 Å². The van der Waals surface area contributed by atoms with Crippen molar-refractivity contribution in [1.82, 2.24) is 10.3 Å². The molecular weight excluding hydrogens is 246 g/mol. The Kier molecular flexibility index (Phi) is 4.22. The highest BCUT2D eigenvalue weighted by Crippen LogP contribution is 2.30. The fourth-order valence-electron chi connectivity index (χ4n) is 2.77. The predicted octanol–water partition coefficient (Wildman–Crippen LogP) is 2.67. The van der Waals surface area contributed by atoms with E-state index in [9.17, 15) is 4.79 Å². The standard InChI is InChI=1S/C13H21N3OS/c1-8(2)9-5-3-4-6-10(9)15-12(17)11-7-18-13(14)16-11/h7-10H,3-6H2,1-2H3,(H2,14,16)(H,15,17). The van der Waals surface area contributed by atoms with Crippen molar-refractivity contribution in [3.8, 4) is 0 Å². The zero-order chi connectivity index (χ0) is 13.1. The molecule has 4 nitrogen and oxygen atoms in total. The van der Waals surface area contributed by atoms with Crippen LogP contribution in [0.2, 0.25) is 0 Å². The number of hydrogen-bond donors (Lipinski definition) is 2. The van der Waals surface area contributed by atoms with Crippen LogP contribution in [-0.4, -0.2) is 16.9 Å². The molecule has 0 radical (unpaired) electrons. The Morgan fingerprint density at radius 2 is 2.22 bits per heavy atom. The summed E-state index contributed by atoms with van der Waals surface area (Å²) in [6.07, 6.45) is 4.77. The van der Waals surface area contributed by atoms with Gasteiger partial charge in [-0.25, -0.2) is 4.98 Å². The number of rotatable bonds is 3. The average Bonchev–Trinajstić information content (AvgIpc) is 2.76. The summed E-state index contributed by atoms with van der Waals surface area (Å²) in [7, 11) is 0. The first-order valence-electron chi connectivity index (χ1n) is 6.60. The van der Waals surface area contributed by atoms with Crippen molar-refractivity contribution < 1.29 is 4.79 Å². The highest BCUT2D eigenvalue weighted by Gasteiger charge is 2.29. The van der Waals surface area contributed by atoms with Gasteiger partial charge in [-0.2, -0.15) is 0 Å². The van der Waals surface area contributed by atoms with E-state index in [-0.39, 0.29) is 11.9 Å². The summed E-state index contributed by atoms with van der Waals surface area (Å²) >= 11 is 1.31. The van der Waals surface area contributed by atoms with Gasteiger partial charge >= 0.3 is 0 Å². The van der Waals surface area contributed by atoms with Crippen molar-refractivity contribution in [2.24, 2.45) is 11.8 Å². The zero-order valence-corrected chi connectivity index (χ0v) is 11.8. The Balaban J connectivity index is 2.00. The third-order valence-corrected chi connectivity index (χ3v) is 4.42. The molecule has 0 saturated heterocycles. The fourth-order valence-corrected chi connectivity index (χ4v) is 3.31. The number of aromatic nitrogens is 1. The average molecular weight is 267 g/mol. The van der Waals surface area contributed by atoms with Gasteiger partial charge in [0.25, 0.3) is 5.91 Å². The Hall–Kier alpha value is -1.10. The molecule has 1 aromatic heterocycles. The molecule has 18 heavy (non-hydrogen) atoms. The maximum absolute atomic E-state index is 12.1. The van der Waals surface area contributed by atoms with Crippen molar-refractivity contribution in [1.29, 1.82) is 0 Å². The van der Waals surface area contributed by atoms with Crippen LogP contribution < -0.4 is 11.1 Å². The summed E-state index contributed by atoms with van der Waals surface area (Å²) < 4.78 is 0. The second-order valence-electron chi connectivity index (χ2n) is 5.34. The molecule has 2 rings (SSSR count). The Morgan fingerprint density at radius 3 is 2.83 bits per heavy atom. The number of nitrogens with zero attached hydrogens (tertiary/aromatic N) is 1. The molecule has 1 saturated carbocycles. The number of amides is 1. The first-order chi connectivity index (χ1) is 8.58. The largest absolute Gasteiger partial charge is 0.375 e. The van der Waals surface area contributed by atoms with Crippen molar-refractivity contribution in [3.63, 3.8) is 0 Å². The van der Waals surface area contributed by atoms with Gasteiger partial charge < -0.3 is 11.1 Å². The quantitative estimate of drug-likeness (QED) is 0.884. The van der Waals surface area contributed by atoms with Gasteiger partial charge in [-0.3, -0.25) is 4.79 Å². The number of nitrogen functional groups attached to an aromatic ring is 1. The SMILES string of the molecule is CC(C)C1CCCCC1NC(=O)c1csc(N)n1. The van der Waals surface area contributed by atoms with E-state index in [1.807, 2.05) is 0 Å². The number of carbonyl (C=O) groups is 1. The number of anilines is 1. The lowest BCUT2D eigenvalue weighted by atomic mass is 9.78. The minimum Gasteiger partial charge on any atom is -0.375 e. The maximum atomic E-state index is 12.1. The van der Waals surface area contributed by atoms with Crippen LogP contribution >= 0.6 is 11.3 Å². The van der Waals surface area contributed by atoms with Crippen LogP contribution in [-0.2, 0) is 0 Å². The molecule has 2 atom stereocenters. The molecule has 1 aliphatic rings. The van der Waals surface area contributed by atoms with E-state index in [1.165, 1.54) is 30.6 Å². The molecule has 1 fully saturated rings. The molecule has 1 aromatic rings. The number of nitrogens with two attached hydrogens (primary N) is 1. The Morgan fingerprint density at radius 1 is 1.50 bits per heavy atom. The lowest BCUT2D eigenvalue weighted by Crippen LogP contribution is -2.44. The second kappa shape index (κ2) is 5.69. The second-order valence-corrected chi connectivity index (χ2v) is 6.23. The molecule has 0 aromatic carbocycles. The van der Waals surface area contributed by atoms with Crippen LogP contribution in [0.3, 0.4) is 0 Å². The van der Waals surface area contributed by atoms with Crippen molar-refractivity contribution in [3.05, 3.63) is 11.1 Å². The third kappa shape index (κ3) is 3.02. The number of carbonyl (C=O) groups excluding carboxylic acids is 1. The van der Waals surface area contributed by atoms with E-state index in [0.29, 0.717) is 22.7 Å². The van der Waals surface area contributed by atoms with Gasteiger partial charge in [0.2, 0.25) is 0 Å². The van der Waals surface area contributed by atoms with Crippen molar-refractivity contribution in [2.75, 3.05) is 5.73 Å². The van der Waals surface area contributed by atoms with Crippen LogP contribution in [0.1, 0.15) is 50.0 Å². The molecule has 100 valence electrons. The molecular formula is C13H21N3OS. The predicted molar refractivity (Wildman–Crippen MR) is 74.6 cm³/mol. The summed E-state index contributed by atoms with van der Waals surface area (Å²) in [5.74, 6) is 1.11. The minimum atomic E-state index is -0.0829. The summed E-state index contributed by atoms with van der Waals surface area (Å²) in [5.41, 5.74) is 6.00. The monoisotopic (exact) mass is 267 g/mol. The highest BCUT2D eigenvalue weighted by molar-refractivity contribution is 7.13. The van der Waals surface area contributed by atoms with E-state index < -0.39 is 0 Å². The lowest BCUT2D eigenvalue weighted by molar-refractivity contribution is 0.0885. The van der Waals surface area contributed by atoms with Gasteiger partial charge in [0.1, 0.15) is 5.69 Å².